The second-order valence-corrected chi connectivity index (χ2v) is 6.39. The van der Waals surface area contributed by atoms with E-state index in [1.54, 1.807) is 6.07 Å². The summed E-state index contributed by atoms with van der Waals surface area (Å²) in [4.78, 5) is 14.4. The average molecular weight is 334 g/mol. The van der Waals surface area contributed by atoms with Crippen LogP contribution in [0.1, 0.15) is 29.8 Å². The van der Waals surface area contributed by atoms with Crippen LogP contribution in [0.4, 0.5) is 0 Å². The predicted molar refractivity (Wildman–Crippen MR) is 88.9 cm³/mol. The number of likely N-dealkylation sites (tertiary alicyclic amines) is 1. The molecule has 0 spiro atoms. The molecule has 1 N–H and O–H groups in total. The fourth-order valence-electron chi connectivity index (χ4n) is 3.01. The number of H-pyrrole nitrogens is 1. The Morgan fingerprint density at radius 2 is 2.09 bits per heavy atom. The van der Waals surface area contributed by atoms with Gasteiger partial charge < -0.3 is 9.64 Å². The minimum absolute atomic E-state index is 0.00223. The molecule has 1 fully saturated rings. The van der Waals surface area contributed by atoms with Gasteiger partial charge in [0.1, 0.15) is 11.9 Å². The highest BCUT2D eigenvalue weighted by molar-refractivity contribution is 6.32. The topological polar surface area (TPSA) is 58.2 Å². The van der Waals surface area contributed by atoms with Gasteiger partial charge >= 0.3 is 0 Å². The zero-order valence-corrected chi connectivity index (χ0v) is 14.2. The van der Waals surface area contributed by atoms with Gasteiger partial charge in [0.05, 0.1) is 29.7 Å². The van der Waals surface area contributed by atoms with Crippen molar-refractivity contribution in [2.45, 2.75) is 32.8 Å². The van der Waals surface area contributed by atoms with E-state index in [1.807, 2.05) is 43.9 Å². The summed E-state index contributed by atoms with van der Waals surface area (Å²) in [5.41, 5.74) is 2.82. The normalized spacial score (nSPS) is 16.1. The van der Waals surface area contributed by atoms with Crippen molar-refractivity contribution in [3.8, 4) is 5.75 Å². The number of nitrogens with zero attached hydrogens (tertiary/aromatic N) is 2. The Morgan fingerprint density at radius 3 is 2.70 bits per heavy atom. The van der Waals surface area contributed by atoms with Gasteiger partial charge in [-0.25, -0.2) is 0 Å². The molecule has 6 heteroatoms. The van der Waals surface area contributed by atoms with Crippen LogP contribution in [-0.4, -0.2) is 40.2 Å². The van der Waals surface area contributed by atoms with Gasteiger partial charge in [0, 0.05) is 11.3 Å². The number of aromatic nitrogens is 2. The number of hydrogen-bond acceptors (Lipinski definition) is 3. The zero-order valence-electron chi connectivity index (χ0n) is 13.5. The van der Waals surface area contributed by atoms with Gasteiger partial charge in [-0.1, -0.05) is 23.7 Å². The maximum Gasteiger partial charge on any atom is 0.230 e. The number of rotatable bonds is 4. The second kappa shape index (κ2) is 6.24. The van der Waals surface area contributed by atoms with Crippen LogP contribution in [0.3, 0.4) is 0 Å². The van der Waals surface area contributed by atoms with Gasteiger partial charge in [0.15, 0.2) is 0 Å². The van der Waals surface area contributed by atoms with Crippen LogP contribution >= 0.6 is 11.6 Å². The minimum Gasteiger partial charge on any atom is -0.485 e. The maximum atomic E-state index is 12.6. The minimum atomic E-state index is -0.199. The zero-order chi connectivity index (χ0) is 16.6. The Kier molecular flexibility index (Phi) is 4.31. The first-order chi connectivity index (χ1) is 11.0. The van der Waals surface area contributed by atoms with Gasteiger partial charge in [-0.15, -0.1) is 0 Å². The summed E-state index contributed by atoms with van der Waals surface area (Å²) in [5, 5.41) is 7.70. The Bertz CT molecular complexity index is 703. The van der Waals surface area contributed by atoms with E-state index in [1.165, 1.54) is 0 Å². The van der Waals surface area contributed by atoms with E-state index in [-0.39, 0.29) is 17.9 Å². The molecule has 1 aliphatic rings. The van der Waals surface area contributed by atoms with Gasteiger partial charge in [-0.3, -0.25) is 9.89 Å². The van der Waals surface area contributed by atoms with E-state index in [2.05, 4.69) is 10.2 Å². The maximum absolute atomic E-state index is 12.6. The van der Waals surface area contributed by atoms with Crippen molar-refractivity contribution >= 4 is 17.5 Å². The van der Waals surface area contributed by atoms with Gasteiger partial charge in [-0.05, 0) is 32.9 Å². The fraction of sp³-hybridized carbons (Fsp3) is 0.412. The molecule has 0 aliphatic carbocycles. The number of aryl methyl sites for hydroxylation is 2. The summed E-state index contributed by atoms with van der Waals surface area (Å²) in [7, 11) is 0. The molecule has 2 aromatic rings. The average Bonchev–Trinajstić information content (AvgIpc) is 2.82. The largest absolute Gasteiger partial charge is 0.485 e. The quantitative estimate of drug-likeness (QED) is 0.935. The molecule has 1 amide bonds. The number of ether oxygens (including phenoxy) is 1. The third kappa shape index (κ3) is 3.06. The molecule has 2 heterocycles. The molecule has 0 radical (unpaired) electrons. The molecule has 1 saturated heterocycles. The second-order valence-electron chi connectivity index (χ2n) is 5.98. The highest BCUT2D eigenvalue weighted by Gasteiger charge is 2.36. The smallest absolute Gasteiger partial charge is 0.230 e. The molecule has 122 valence electrons. The molecular formula is C17H20ClN3O2. The molecule has 1 aliphatic heterocycles. The highest BCUT2D eigenvalue weighted by atomic mass is 35.5. The van der Waals surface area contributed by atoms with E-state index in [0.717, 1.165) is 17.0 Å². The lowest BCUT2D eigenvalue weighted by Gasteiger charge is -2.40. The van der Waals surface area contributed by atoms with Gasteiger partial charge in [0.2, 0.25) is 5.91 Å². The molecule has 0 bridgehead atoms. The number of nitrogens with one attached hydrogen (secondary N) is 1. The number of carbonyl (C=O) groups is 1. The van der Waals surface area contributed by atoms with Crippen LogP contribution in [-0.2, 0) is 4.79 Å². The van der Waals surface area contributed by atoms with Crippen molar-refractivity contribution in [2.75, 3.05) is 13.1 Å². The van der Waals surface area contributed by atoms with Crippen LogP contribution < -0.4 is 4.74 Å². The lowest BCUT2D eigenvalue weighted by Crippen LogP contribution is -2.57. The van der Waals surface area contributed by atoms with Crippen molar-refractivity contribution < 1.29 is 9.53 Å². The first-order valence-electron chi connectivity index (χ1n) is 7.68. The Hall–Kier alpha value is -2.01. The summed E-state index contributed by atoms with van der Waals surface area (Å²) < 4.78 is 5.84. The first-order valence-corrected chi connectivity index (χ1v) is 8.06. The fourth-order valence-corrected chi connectivity index (χ4v) is 3.19. The predicted octanol–water partition coefficient (Wildman–Crippen LogP) is 3.07. The molecule has 23 heavy (non-hydrogen) atoms. The molecule has 0 unspecified atom stereocenters. The van der Waals surface area contributed by atoms with Crippen molar-refractivity contribution in [1.29, 1.82) is 0 Å². The first kappa shape index (κ1) is 15.9. The summed E-state index contributed by atoms with van der Waals surface area (Å²) in [6, 6.07) is 7.39. The third-order valence-corrected chi connectivity index (χ3v) is 4.59. The Morgan fingerprint density at radius 1 is 1.39 bits per heavy atom. The van der Waals surface area contributed by atoms with Crippen LogP contribution in [0.25, 0.3) is 0 Å². The number of hydrogen-bond donors (Lipinski definition) is 1. The van der Waals surface area contributed by atoms with E-state index in [0.29, 0.717) is 23.9 Å². The number of benzene rings is 1. The van der Waals surface area contributed by atoms with Gasteiger partial charge in [0.25, 0.3) is 0 Å². The number of amides is 1. The lowest BCUT2D eigenvalue weighted by atomic mass is 9.96. The molecular weight excluding hydrogens is 314 g/mol. The molecule has 1 aromatic heterocycles. The summed E-state index contributed by atoms with van der Waals surface area (Å²) in [6.07, 6.45) is -0.00223. The molecule has 3 rings (SSSR count). The lowest BCUT2D eigenvalue weighted by molar-refractivity contribution is -0.141. The molecule has 1 aromatic carbocycles. The number of halogens is 1. The van der Waals surface area contributed by atoms with Crippen LogP contribution in [0.15, 0.2) is 24.3 Å². The van der Waals surface area contributed by atoms with Crippen molar-refractivity contribution in [2.24, 2.45) is 0 Å². The van der Waals surface area contributed by atoms with Crippen molar-refractivity contribution in [3.63, 3.8) is 0 Å². The van der Waals surface area contributed by atoms with Crippen LogP contribution in [0, 0.1) is 13.8 Å². The number of carbonyl (C=O) groups excluding carboxylic acids is 1. The summed E-state index contributed by atoms with van der Waals surface area (Å²) >= 11 is 6.09. The van der Waals surface area contributed by atoms with E-state index in [9.17, 15) is 4.79 Å². The number of para-hydroxylation sites is 1. The van der Waals surface area contributed by atoms with Crippen LogP contribution in [0.5, 0.6) is 5.75 Å². The third-order valence-electron chi connectivity index (χ3n) is 4.28. The van der Waals surface area contributed by atoms with E-state index in [4.69, 9.17) is 16.3 Å². The highest BCUT2D eigenvalue weighted by Crippen LogP contribution is 2.29. The SMILES string of the molecule is Cc1n[nH]c(C)c1[C@H](C)C(=O)N1CC(Oc2ccccc2Cl)C1. The monoisotopic (exact) mass is 333 g/mol. The van der Waals surface area contributed by atoms with Crippen molar-refractivity contribution in [3.05, 3.63) is 46.2 Å². The Balaban J connectivity index is 1.59. The van der Waals surface area contributed by atoms with Crippen molar-refractivity contribution in [1.82, 2.24) is 15.1 Å². The summed E-state index contributed by atoms with van der Waals surface area (Å²) in [5.74, 6) is 0.576. The standard InChI is InChI=1S/C17H20ClN3O2/c1-10(16-11(2)19-20-12(16)3)17(22)21-8-13(9-21)23-15-7-5-4-6-14(15)18/h4-7,10,13H,8-9H2,1-3H3,(H,19,20)/t10-/m0/s1. The Labute approximate surface area is 140 Å². The molecule has 0 saturated carbocycles. The summed E-state index contributed by atoms with van der Waals surface area (Å²) in [6.45, 7) is 6.96. The van der Waals surface area contributed by atoms with Crippen LogP contribution in [0.2, 0.25) is 5.02 Å². The van der Waals surface area contributed by atoms with Gasteiger partial charge in [-0.2, -0.15) is 5.10 Å². The number of aromatic amines is 1. The molecule has 1 atom stereocenters. The van der Waals surface area contributed by atoms with E-state index >= 15 is 0 Å². The van der Waals surface area contributed by atoms with E-state index < -0.39 is 0 Å². The molecule has 5 nitrogen and oxygen atoms in total.